The van der Waals surface area contributed by atoms with Gasteiger partial charge in [-0.2, -0.15) is 0 Å². The lowest BCUT2D eigenvalue weighted by Crippen LogP contribution is -2.40. The van der Waals surface area contributed by atoms with Crippen molar-refractivity contribution in [1.82, 2.24) is 0 Å². The number of Topliss-reactive ketones (excluding diaryl/α,β-unsaturated/α-hetero) is 1. The first kappa shape index (κ1) is 21.1. The lowest BCUT2D eigenvalue weighted by molar-refractivity contribution is -0.384. The van der Waals surface area contributed by atoms with Gasteiger partial charge in [0, 0.05) is 35.1 Å². The number of anilines is 1. The number of nitrogens with zero attached hydrogens (tertiary/aromatic N) is 2. The van der Waals surface area contributed by atoms with Crippen molar-refractivity contribution >= 4 is 34.7 Å². The van der Waals surface area contributed by atoms with E-state index in [2.05, 4.69) is 0 Å². The molecule has 1 aliphatic carbocycles. The van der Waals surface area contributed by atoms with Gasteiger partial charge in [0.1, 0.15) is 11.4 Å². The molecule has 8 heteroatoms. The minimum absolute atomic E-state index is 0.0126. The van der Waals surface area contributed by atoms with Gasteiger partial charge in [-0.15, -0.1) is 0 Å². The maximum absolute atomic E-state index is 13.3. The Hall–Kier alpha value is -3.19. The molecular weight excluding hydrogens is 420 g/mol. The average Bonchev–Trinajstić information content (AvgIpc) is 2.74. The number of halogens is 1. The molecule has 1 heterocycles. The Kier molecular flexibility index (Phi) is 5.78. The molecule has 160 valence electrons. The number of hydrogen-bond acceptors (Lipinski definition) is 5. The predicted octanol–water partition coefficient (Wildman–Crippen LogP) is 5.17. The maximum Gasteiger partial charge on any atom is 0.297 e. The van der Waals surface area contributed by atoms with E-state index >= 15 is 0 Å². The first-order chi connectivity index (χ1) is 14.9. The summed E-state index contributed by atoms with van der Waals surface area (Å²) >= 11 is 6.39. The highest BCUT2D eigenvalue weighted by Crippen LogP contribution is 2.46. The summed E-state index contributed by atoms with van der Waals surface area (Å²) in [6.07, 6.45) is 1.46. The molecule has 7 nitrogen and oxygen atoms in total. The number of hydrogen-bond donors (Lipinski definition) is 0. The van der Waals surface area contributed by atoms with E-state index in [0.29, 0.717) is 47.9 Å². The number of nitro benzene ring substituents is 1. The highest BCUT2D eigenvalue weighted by atomic mass is 35.5. The lowest BCUT2D eigenvalue weighted by Gasteiger charge is -2.38. The summed E-state index contributed by atoms with van der Waals surface area (Å²) in [5.74, 6) is -0.449. The van der Waals surface area contributed by atoms with Gasteiger partial charge in [0.05, 0.1) is 17.6 Å². The molecule has 0 saturated carbocycles. The number of ketones is 1. The molecule has 0 radical (unpaired) electrons. The van der Waals surface area contributed by atoms with Gasteiger partial charge in [-0.05, 0) is 43.5 Å². The molecule has 0 fully saturated rings. The van der Waals surface area contributed by atoms with Crippen molar-refractivity contribution in [3.8, 4) is 5.75 Å². The zero-order valence-corrected chi connectivity index (χ0v) is 17.7. The molecule has 1 atom stereocenters. The zero-order valence-electron chi connectivity index (χ0n) is 17.0. The van der Waals surface area contributed by atoms with Crippen molar-refractivity contribution in [3.05, 3.63) is 74.4 Å². The summed E-state index contributed by atoms with van der Waals surface area (Å²) in [6.45, 7) is 2.15. The molecule has 31 heavy (non-hydrogen) atoms. The summed E-state index contributed by atoms with van der Waals surface area (Å²) in [6, 6.07) is 11.6. The van der Waals surface area contributed by atoms with Crippen LogP contribution in [0.2, 0.25) is 5.02 Å². The van der Waals surface area contributed by atoms with Gasteiger partial charge < -0.3 is 4.74 Å². The number of benzene rings is 2. The van der Waals surface area contributed by atoms with Crippen molar-refractivity contribution in [2.75, 3.05) is 11.5 Å². The fourth-order valence-corrected chi connectivity index (χ4v) is 4.66. The minimum Gasteiger partial charge on any atom is -0.494 e. The van der Waals surface area contributed by atoms with E-state index in [4.69, 9.17) is 16.3 Å². The van der Waals surface area contributed by atoms with Crippen LogP contribution >= 0.6 is 11.6 Å². The van der Waals surface area contributed by atoms with Gasteiger partial charge in [-0.1, -0.05) is 29.8 Å². The zero-order chi connectivity index (χ0) is 22.1. The molecule has 1 unspecified atom stereocenters. The van der Waals surface area contributed by atoms with Crippen LogP contribution in [0.4, 0.5) is 11.4 Å². The van der Waals surface area contributed by atoms with E-state index < -0.39 is 10.8 Å². The first-order valence-electron chi connectivity index (χ1n) is 10.2. The molecule has 0 spiro atoms. The maximum atomic E-state index is 13.3. The summed E-state index contributed by atoms with van der Waals surface area (Å²) in [5, 5.41) is 12.3. The first-order valence-corrected chi connectivity index (χ1v) is 10.5. The van der Waals surface area contributed by atoms with E-state index in [-0.39, 0.29) is 29.5 Å². The Labute approximate surface area is 184 Å². The Balaban J connectivity index is 1.89. The molecule has 4 rings (SSSR count). The predicted molar refractivity (Wildman–Crippen MR) is 116 cm³/mol. The fourth-order valence-electron chi connectivity index (χ4n) is 4.39. The van der Waals surface area contributed by atoms with Crippen LogP contribution in [-0.4, -0.2) is 23.2 Å². The minimum atomic E-state index is -0.532. The molecule has 0 N–H and O–H groups in total. The number of allylic oxidation sites excluding steroid dienone is 2. The third kappa shape index (κ3) is 3.81. The van der Waals surface area contributed by atoms with E-state index in [9.17, 15) is 19.7 Å². The summed E-state index contributed by atoms with van der Waals surface area (Å²) in [4.78, 5) is 38.9. The number of carbonyl (C=O) groups excluding carboxylic acids is 2. The quantitative estimate of drug-likeness (QED) is 0.472. The smallest absolute Gasteiger partial charge is 0.297 e. The topological polar surface area (TPSA) is 89.8 Å². The van der Waals surface area contributed by atoms with Crippen molar-refractivity contribution < 1.29 is 19.2 Å². The van der Waals surface area contributed by atoms with E-state index in [1.807, 2.05) is 12.1 Å². The highest BCUT2D eigenvalue weighted by Gasteiger charge is 2.42. The molecular formula is C23H21ClN2O5. The van der Waals surface area contributed by atoms with E-state index in [1.54, 1.807) is 25.1 Å². The molecule has 0 aromatic heterocycles. The van der Waals surface area contributed by atoms with Crippen LogP contribution in [0.1, 0.15) is 44.1 Å². The normalized spacial score (nSPS) is 18.8. The third-order valence-electron chi connectivity index (χ3n) is 5.65. The van der Waals surface area contributed by atoms with Crippen molar-refractivity contribution in [2.45, 2.75) is 38.5 Å². The van der Waals surface area contributed by atoms with Crippen LogP contribution in [0, 0.1) is 10.1 Å². The van der Waals surface area contributed by atoms with Gasteiger partial charge in [-0.25, -0.2) is 0 Å². The molecule has 2 aromatic rings. The number of rotatable bonds is 5. The molecule has 0 bridgehead atoms. The van der Waals surface area contributed by atoms with Crippen molar-refractivity contribution in [1.29, 1.82) is 0 Å². The molecule has 2 aliphatic rings. The Morgan fingerprint density at radius 3 is 2.68 bits per heavy atom. The van der Waals surface area contributed by atoms with Crippen LogP contribution in [-0.2, 0) is 9.59 Å². The van der Waals surface area contributed by atoms with Gasteiger partial charge in [0.2, 0.25) is 5.91 Å². The Morgan fingerprint density at radius 1 is 1.19 bits per heavy atom. The largest absolute Gasteiger partial charge is 0.494 e. The van der Waals surface area contributed by atoms with Crippen molar-refractivity contribution in [2.24, 2.45) is 0 Å². The van der Waals surface area contributed by atoms with Crippen LogP contribution < -0.4 is 9.64 Å². The standard InChI is InChI=1S/C23H21ClN2O5/c1-2-31-14-10-11-18(20(12-14)26(29)30)25-19-8-5-9-21(27)23(19)16(13-22(25)28)15-6-3-4-7-17(15)24/h3-4,6-7,10-12,16H,2,5,8-9,13H2,1H3. The highest BCUT2D eigenvalue weighted by molar-refractivity contribution is 6.31. The Bertz CT molecular complexity index is 1110. The average molecular weight is 441 g/mol. The van der Waals surface area contributed by atoms with Crippen molar-refractivity contribution in [3.63, 3.8) is 0 Å². The third-order valence-corrected chi connectivity index (χ3v) is 6.00. The van der Waals surface area contributed by atoms with Crippen LogP contribution in [0.15, 0.2) is 53.7 Å². The second-order valence-corrected chi connectivity index (χ2v) is 7.89. The number of ether oxygens (including phenoxy) is 1. The SMILES string of the molecule is CCOc1ccc(N2C(=O)CC(c3ccccc3Cl)C3=C2CCCC3=O)c([N+](=O)[O-])c1. The number of nitro groups is 1. The number of amides is 1. The van der Waals surface area contributed by atoms with Gasteiger partial charge in [0.25, 0.3) is 5.69 Å². The molecule has 1 aliphatic heterocycles. The second kappa shape index (κ2) is 8.51. The van der Waals surface area contributed by atoms with Crippen LogP contribution in [0.25, 0.3) is 0 Å². The van der Waals surface area contributed by atoms with Crippen LogP contribution in [0.3, 0.4) is 0 Å². The van der Waals surface area contributed by atoms with E-state index in [1.165, 1.54) is 17.0 Å². The second-order valence-electron chi connectivity index (χ2n) is 7.49. The lowest BCUT2D eigenvalue weighted by atomic mass is 9.77. The summed E-state index contributed by atoms with van der Waals surface area (Å²) in [7, 11) is 0. The monoisotopic (exact) mass is 440 g/mol. The summed E-state index contributed by atoms with van der Waals surface area (Å²) < 4.78 is 5.39. The number of carbonyl (C=O) groups is 2. The van der Waals surface area contributed by atoms with E-state index in [0.717, 1.165) is 5.56 Å². The molecule has 0 saturated heterocycles. The van der Waals surface area contributed by atoms with Gasteiger partial charge >= 0.3 is 0 Å². The van der Waals surface area contributed by atoms with Gasteiger partial charge in [-0.3, -0.25) is 24.6 Å². The molecule has 1 amide bonds. The van der Waals surface area contributed by atoms with Gasteiger partial charge in [0.15, 0.2) is 5.78 Å². The van der Waals surface area contributed by atoms with Crippen LogP contribution in [0.5, 0.6) is 5.75 Å². The molecule has 2 aromatic carbocycles. The fraction of sp³-hybridized carbons (Fsp3) is 0.304. The Morgan fingerprint density at radius 2 is 1.97 bits per heavy atom. The summed E-state index contributed by atoms with van der Waals surface area (Å²) in [5.41, 5.74) is 1.70.